The highest BCUT2D eigenvalue weighted by atomic mass is 35.5. The Morgan fingerprint density at radius 1 is 1.35 bits per heavy atom. The number of rotatable bonds is 6. The number of nitrogen functional groups attached to an aromatic ring is 1. The Hall–Kier alpha value is -1.95. The number of carbonyl (C=O) groups excluding carboxylic acids is 2. The molecule has 0 aliphatic rings. The van der Waals surface area contributed by atoms with Gasteiger partial charge in [-0.15, -0.1) is 0 Å². The van der Waals surface area contributed by atoms with Crippen LogP contribution in [0.2, 0.25) is 5.02 Å². The summed E-state index contributed by atoms with van der Waals surface area (Å²) in [6.45, 7) is 0.346. The van der Waals surface area contributed by atoms with E-state index in [1.807, 2.05) is 0 Å². The molecular formula is C13H17ClN2O4. The summed E-state index contributed by atoms with van der Waals surface area (Å²) < 4.78 is 9.59. The van der Waals surface area contributed by atoms with E-state index in [0.29, 0.717) is 30.0 Å². The van der Waals surface area contributed by atoms with Gasteiger partial charge < -0.3 is 20.5 Å². The largest absolute Gasteiger partial charge is 0.496 e. The second-order valence-corrected chi connectivity index (χ2v) is 4.42. The first kappa shape index (κ1) is 16.1. The predicted octanol–water partition coefficient (Wildman–Crippen LogP) is 1.61. The Kier molecular flexibility index (Phi) is 6.11. The lowest BCUT2D eigenvalue weighted by atomic mass is 10.1. The number of hydrogen-bond acceptors (Lipinski definition) is 5. The van der Waals surface area contributed by atoms with Crippen molar-refractivity contribution in [2.24, 2.45) is 0 Å². The number of amides is 1. The normalized spacial score (nSPS) is 9.95. The van der Waals surface area contributed by atoms with E-state index in [1.165, 1.54) is 26.4 Å². The molecule has 1 aromatic carbocycles. The molecule has 0 saturated carbocycles. The Balaban J connectivity index is 2.63. The first-order valence-corrected chi connectivity index (χ1v) is 6.35. The van der Waals surface area contributed by atoms with Gasteiger partial charge >= 0.3 is 5.97 Å². The molecule has 0 unspecified atom stereocenters. The predicted molar refractivity (Wildman–Crippen MR) is 76.0 cm³/mol. The highest BCUT2D eigenvalue weighted by molar-refractivity contribution is 6.33. The highest BCUT2D eigenvalue weighted by Gasteiger charge is 2.14. The maximum Gasteiger partial charge on any atom is 0.305 e. The van der Waals surface area contributed by atoms with Crippen LogP contribution in [-0.2, 0) is 9.53 Å². The minimum atomic E-state index is -0.339. The molecule has 0 spiro atoms. The number of nitrogens with one attached hydrogen (secondary N) is 1. The molecule has 0 radical (unpaired) electrons. The molecule has 0 aliphatic carbocycles. The van der Waals surface area contributed by atoms with E-state index in [2.05, 4.69) is 10.1 Å². The SMILES string of the molecule is COC(=O)CCCNC(=O)c1cc(Cl)c(N)cc1OC. The van der Waals surface area contributed by atoms with Crippen molar-refractivity contribution in [3.8, 4) is 5.75 Å². The summed E-state index contributed by atoms with van der Waals surface area (Å²) in [5.41, 5.74) is 6.28. The third kappa shape index (κ3) is 4.31. The Morgan fingerprint density at radius 3 is 2.65 bits per heavy atom. The number of benzene rings is 1. The number of halogens is 1. The number of esters is 1. The van der Waals surface area contributed by atoms with Crippen molar-refractivity contribution in [3.63, 3.8) is 0 Å². The minimum absolute atomic E-state index is 0.246. The van der Waals surface area contributed by atoms with Gasteiger partial charge in [-0.1, -0.05) is 11.6 Å². The summed E-state index contributed by atoms with van der Waals surface area (Å²) in [7, 11) is 2.76. The Labute approximate surface area is 122 Å². The summed E-state index contributed by atoms with van der Waals surface area (Å²) >= 11 is 5.89. The number of anilines is 1. The van der Waals surface area contributed by atoms with Gasteiger partial charge in [-0.3, -0.25) is 9.59 Å². The van der Waals surface area contributed by atoms with E-state index in [0.717, 1.165) is 0 Å². The van der Waals surface area contributed by atoms with Crippen LogP contribution in [0.1, 0.15) is 23.2 Å². The van der Waals surface area contributed by atoms with Gasteiger partial charge in [-0.05, 0) is 12.5 Å². The van der Waals surface area contributed by atoms with E-state index >= 15 is 0 Å². The van der Waals surface area contributed by atoms with E-state index in [-0.39, 0.29) is 23.3 Å². The second kappa shape index (κ2) is 7.59. The maximum atomic E-state index is 12.0. The lowest BCUT2D eigenvalue weighted by Crippen LogP contribution is -2.25. The van der Waals surface area contributed by atoms with Crippen molar-refractivity contribution < 1.29 is 19.1 Å². The molecule has 1 amide bonds. The Morgan fingerprint density at radius 2 is 2.05 bits per heavy atom. The molecule has 1 aromatic rings. The summed E-state index contributed by atoms with van der Waals surface area (Å²) in [6, 6.07) is 2.94. The first-order valence-electron chi connectivity index (χ1n) is 5.97. The molecule has 0 atom stereocenters. The van der Waals surface area contributed by atoms with Crippen LogP contribution < -0.4 is 15.8 Å². The monoisotopic (exact) mass is 300 g/mol. The van der Waals surface area contributed by atoms with E-state index in [4.69, 9.17) is 22.1 Å². The molecule has 0 heterocycles. The number of ether oxygens (including phenoxy) is 2. The van der Waals surface area contributed by atoms with Gasteiger partial charge in [0.1, 0.15) is 5.75 Å². The van der Waals surface area contributed by atoms with Gasteiger partial charge in [-0.25, -0.2) is 0 Å². The van der Waals surface area contributed by atoms with Gasteiger partial charge in [0, 0.05) is 19.0 Å². The molecule has 1 rings (SSSR count). The fourth-order valence-corrected chi connectivity index (χ4v) is 1.71. The van der Waals surface area contributed by atoms with Crippen LogP contribution in [0.5, 0.6) is 5.75 Å². The fourth-order valence-electron chi connectivity index (χ4n) is 1.55. The number of methoxy groups -OCH3 is 2. The molecule has 0 bridgehead atoms. The fraction of sp³-hybridized carbons (Fsp3) is 0.385. The van der Waals surface area contributed by atoms with Crippen molar-refractivity contribution in [1.29, 1.82) is 0 Å². The minimum Gasteiger partial charge on any atom is -0.496 e. The van der Waals surface area contributed by atoms with Crippen LogP contribution in [0.4, 0.5) is 5.69 Å². The standard InChI is InChI=1S/C13H17ClN2O4/c1-19-11-7-10(15)9(14)6-8(11)13(18)16-5-3-4-12(17)20-2/h6-7H,3-5,15H2,1-2H3,(H,16,18). The molecule has 0 saturated heterocycles. The van der Waals surface area contributed by atoms with Gasteiger partial charge in [0.15, 0.2) is 0 Å². The average Bonchev–Trinajstić information content (AvgIpc) is 2.45. The summed E-state index contributed by atoms with van der Waals surface area (Å²) in [5, 5.41) is 2.96. The van der Waals surface area contributed by atoms with Crippen LogP contribution in [0.25, 0.3) is 0 Å². The molecule has 110 valence electrons. The third-order valence-corrected chi connectivity index (χ3v) is 2.96. The van der Waals surface area contributed by atoms with E-state index in [1.54, 1.807) is 0 Å². The molecule has 0 fully saturated rings. The van der Waals surface area contributed by atoms with Crippen LogP contribution >= 0.6 is 11.6 Å². The molecule has 0 aromatic heterocycles. The number of hydrogen-bond donors (Lipinski definition) is 2. The molecule has 20 heavy (non-hydrogen) atoms. The second-order valence-electron chi connectivity index (χ2n) is 4.01. The van der Waals surface area contributed by atoms with E-state index < -0.39 is 0 Å². The summed E-state index contributed by atoms with van der Waals surface area (Å²) in [5.74, 6) is -0.307. The Bertz CT molecular complexity index is 505. The smallest absolute Gasteiger partial charge is 0.305 e. The highest BCUT2D eigenvalue weighted by Crippen LogP contribution is 2.28. The van der Waals surface area contributed by atoms with Crippen molar-refractivity contribution in [1.82, 2.24) is 5.32 Å². The van der Waals surface area contributed by atoms with Gasteiger partial charge in [0.05, 0.1) is 30.5 Å². The van der Waals surface area contributed by atoms with Crippen molar-refractivity contribution >= 4 is 29.2 Å². The van der Waals surface area contributed by atoms with Gasteiger partial charge in [0.2, 0.25) is 0 Å². The van der Waals surface area contributed by atoms with Crippen molar-refractivity contribution in [2.75, 3.05) is 26.5 Å². The van der Waals surface area contributed by atoms with Crippen LogP contribution in [0.15, 0.2) is 12.1 Å². The van der Waals surface area contributed by atoms with E-state index in [9.17, 15) is 9.59 Å². The topological polar surface area (TPSA) is 90.7 Å². The molecule has 6 nitrogen and oxygen atoms in total. The van der Waals surface area contributed by atoms with Crippen molar-refractivity contribution in [2.45, 2.75) is 12.8 Å². The van der Waals surface area contributed by atoms with Gasteiger partial charge in [-0.2, -0.15) is 0 Å². The summed E-state index contributed by atoms with van der Waals surface area (Å²) in [6.07, 6.45) is 0.736. The lowest BCUT2D eigenvalue weighted by Gasteiger charge is -2.11. The molecular weight excluding hydrogens is 284 g/mol. The van der Waals surface area contributed by atoms with Gasteiger partial charge in [0.25, 0.3) is 5.91 Å². The van der Waals surface area contributed by atoms with Crippen molar-refractivity contribution in [3.05, 3.63) is 22.7 Å². The third-order valence-electron chi connectivity index (χ3n) is 2.63. The maximum absolute atomic E-state index is 12.0. The average molecular weight is 301 g/mol. The lowest BCUT2D eigenvalue weighted by molar-refractivity contribution is -0.140. The zero-order chi connectivity index (χ0) is 15.1. The van der Waals surface area contributed by atoms with Crippen LogP contribution in [0.3, 0.4) is 0 Å². The van der Waals surface area contributed by atoms with Crippen LogP contribution in [-0.4, -0.2) is 32.6 Å². The zero-order valence-corrected chi connectivity index (χ0v) is 12.1. The summed E-state index contributed by atoms with van der Waals surface area (Å²) in [4.78, 5) is 22.9. The molecule has 7 heteroatoms. The molecule has 3 N–H and O–H groups in total. The molecule has 0 aliphatic heterocycles. The number of nitrogens with two attached hydrogens (primary N) is 1. The first-order chi connectivity index (χ1) is 9.49. The quantitative estimate of drug-likeness (QED) is 0.473. The van der Waals surface area contributed by atoms with Crippen LogP contribution in [0, 0.1) is 0 Å². The number of carbonyl (C=O) groups is 2. The zero-order valence-electron chi connectivity index (χ0n) is 11.4.